The zero-order valence-electron chi connectivity index (χ0n) is 6.58. The minimum atomic E-state index is 0.302. The number of aromatic nitrogens is 1. The zero-order chi connectivity index (χ0) is 8.72. The van der Waals surface area contributed by atoms with Crippen LogP contribution in [0.4, 0.5) is 0 Å². The molecule has 0 aliphatic heterocycles. The number of fused-ring (bicyclic) bond motifs is 1. The smallest absolute Gasteiger partial charge is 0.117 e. The summed E-state index contributed by atoms with van der Waals surface area (Å²) >= 11 is 3.41. The Hall–Kier alpha value is -0.960. The molecule has 0 saturated carbocycles. The van der Waals surface area contributed by atoms with E-state index in [9.17, 15) is 5.11 Å². The second-order valence-corrected chi connectivity index (χ2v) is 3.58. The van der Waals surface area contributed by atoms with Crippen molar-refractivity contribution in [3.05, 3.63) is 28.9 Å². The summed E-state index contributed by atoms with van der Waals surface area (Å²) in [6, 6.07) is 7.36. The molecule has 0 atom stereocenters. The fourth-order valence-corrected chi connectivity index (χ4v) is 1.72. The Labute approximate surface area is 78.6 Å². The molecule has 2 rings (SSSR count). The van der Waals surface area contributed by atoms with Crippen LogP contribution in [-0.4, -0.2) is 9.67 Å². The van der Waals surface area contributed by atoms with E-state index in [-0.39, 0.29) is 0 Å². The molecule has 0 aliphatic rings. The number of hydrogen-bond acceptors (Lipinski definition) is 1. The maximum absolute atomic E-state index is 9.24. The van der Waals surface area contributed by atoms with Gasteiger partial charge in [-0.15, -0.1) is 0 Å². The minimum Gasteiger partial charge on any atom is -0.508 e. The predicted octanol–water partition coefficient (Wildman–Crippen LogP) is 2.65. The fraction of sp³-hybridized carbons (Fsp3) is 0.111. The first kappa shape index (κ1) is 7.68. The molecular weight excluding hydrogens is 218 g/mol. The van der Waals surface area contributed by atoms with Gasteiger partial charge in [-0.2, -0.15) is 0 Å². The molecule has 1 aromatic heterocycles. The Balaban J connectivity index is 2.88. The number of phenolic OH excluding ortho intramolecular Hbond substituents is 1. The van der Waals surface area contributed by atoms with E-state index in [1.807, 2.05) is 23.7 Å². The number of hydrogen-bond donors (Lipinski definition) is 1. The molecule has 0 amide bonds. The molecule has 0 bridgehead atoms. The van der Waals surface area contributed by atoms with Gasteiger partial charge < -0.3 is 9.67 Å². The van der Waals surface area contributed by atoms with Gasteiger partial charge in [0.05, 0.1) is 10.1 Å². The molecule has 0 unspecified atom stereocenters. The molecule has 0 radical (unpaired) electrons. The predicted molar refractivity (Wildman–Crippen MR) is 52.3 cm³/mol. The standard InChI is InChI=1S/C9H8BrNO/c1-11-8-5-7(12)3-2-6(8)4-9(11)10/h2-5,12H,1H3. The molecular formula is C9H8BrNO. The lowest BCUT2D eigenvalue weighted by Gasteiger charge is -1.97. The molecule has 1 heterocycles. The van der Waals surface area contributed by atoms with Crippen molar-refractivity contribution in [1.29, 1.82) is 0 Å². The van der Waals surface area contributed by atoms with Crippen molar-refractivity contribution >= 4 is 26.8 Å². The lowest BCUT2D eigenvalue weighted by atomic mass is 10.2. The van der Waals surface area contributed by atoms with Gasteiger partial charge in [-0.1, -0.05) is 0 Å². The van der Waals surface area contributed by atoms with Crippen LogP contribution in [0.15, 0.2) is 28.9 Å². The molecule has 12 heavy (non-hydrogen) atoms. The van der Waals surface area contributed by atoms with Crippen molar-refractivity contribution in [2.45, 2.75) is 0 Å². The second kappa shape index (κ2) is 2.52. The quantitative estimate of drug-likeness (QED) is 0.733. The topological polar surface area (TPSA) is 25.2 Å². The summed E-state index contributed by atoms with van der Waals surface area (Å²) in [5, 5.41) is 10.4. The summed E-state index contributed by atoms with van der Waals surface area (Å²) in [5.74, 6) is 0.302. The molecule has 1 N–H and O–H groups in total. The average Bonchev–Trinajstić information content (AvgIpc) is 2.31. The van der Waals surface area contributed by atoms with E-state index in [2.05, 4.69) is 15.9 Å². The van der Waals surface area contributed by atoms with Crippen molar-refractivity contribution < 1.29 is 5.11 Å². The lowest BCUT2D eigenvalue weighted by molar-refractivity contribution is 0.476. The highest BCUT2D eigenvalue weighted by Gasteiger charge is 2.02. The summed E-state index contributed by atoms with van der Waals surface area (Å²) < 4.78 is 3.00. The monoisotopic (exact) mass is 225 g/mol. The number of rotatable bonds is 0. The lowest BCUT2D eigenvalue weighted by Crippen LogP contribution is -1.85. The van der Waals surface area contributed by atoms with Crippen molar-refractivity contribution in [2.24, 2.45) is 7.05 Å². The van der Waals surface area contributed by atoms with Gasteiger partial charge in [-0.05, 0) is 34.1 Å². The third-order valence-corrected chi connectivity index (χ3v) is 2.73. The van der Waals surface area contributed by atoms with Crippen LogP contribution in [0.5, 0.6) is 5.75 Å². The Bertz CT molecular complexity index is 433. The molecule has 0 saturated heterocycles. The maximum atomic E-state index is 9.24. The first-order valence-electron chi connectivity index (χ1n) is 3.62. The van der Waals surface area contributed by atoms with E-state index >= 15 is 0 Å². The van der Waals surface area contributed by atoms with E-state index in [1.54, 1.807) is 12.1 Å². The van der Waals surface area contributed by atoms with Crippen LogP contribution in [-0.2, 0) is 7.05 Å². The second-order valence-electron chi connectivity index (χ2n) is 2.77. The van der Waals surface area contributed by atoms with Gasteiger partial charge in [0.15, 0.2) is 0 Å². The Morgan fingerprint density at radius 3 is 2.83 bits per heavy atom. The Morgan fingerprint density at radius 1 is 1.33 bits per heavy atom. The summed E-state index contributed by atoms with van der Waals surface area (Å²) in [7, 11) is 1.95. The number of phenols is 1. The fourth-order valence-electron chi connectivity index (χ4n) is 1.28. The molecule has 3 heteroatoms. The van der Waals surface area contributed by atoms with Crippen LogP contribution in [0.3, 0.4) is 0 Å². The van der Waals surface area contributed by atoms with Crippen LogP contribution in [0.1, 0.15) is 0 Å². The van der Waals surface area contributed by atoms with Crippen LogP contribution < -0.4 is 0 Å². The van der Waals surface area contributed by atoms with E-state index in [4.69, 9.17) is 0 Å². The van der Waals surface area contributed by atoms with E-state index < -0.39 is 0 Å². The molecule has 0 fully saturated rings. The third-order valence-electron chi connectivity index (χ3n) is 1.97. The Kier molecular flexibility index (Phi) is 1.61. The summed E-state index contributed by atoms with van der Waals surface area (Å²) in [6.45, 7) is 0. The van der Waals surface area contributed by atoms with Gasteiger partial charge in [0.25, 0.3) is 0 Å². The molecule has 62 valence electrons. The van der Waals surface area contributed by atoms with Crippen LogP contribution >= 0.6 is 15.9 Å². The summed E-state index contributed by atoms with van der Waals surface area (Å²) in [6.07, 6.45) is 0. The number of nitrogens with zero attached hydrogens (tertiary/aromatic N) is 1. The summed E-state index contributed by atoms with van der Waals surface area (Å²) in [4.78, 5) is 0. The number of halogens is 1. The molecule has 0 aliphatic carbocycles. The molecule has 0 spiro atoms. The van der Waals surface area contributed by atoms with Crippen molar-refractivity contribution in [2.75, 3.05) is 0 Å². The first-order chi connectivity index (χ1) is 5.68. The summed E-state index contributed by atoms with van der Waals surface area (Å²) in [5.41, 5.74) is 1.03. The molecule has 1 aromatic carbocycles. The van der Waals surface area contributed by atoms with E-state index in [0.29, 0.717) is 5.75 Å². The normalized spacial score (nSPS) is 10.8. The van der Waals surface area contributed by atoms with Crippen molar-refractivity contribution in [3.8, 4) is 5.75 Å². The largest absolute Gasteiger partial charge is 0.508 e. The Morgan fingerprint density at radius 2 is 2.08 bits per heavy atom. The van der Waals surface area contributed by atoms with Crippen LogP contribution in [0.25, 0.3) is 10.9 Å². The minimum absolute atomic E-state index is 0.302. The molecule has 2 aromatic rings. The van der Waals surface area contributed by atoms with Gasteiger partial charge in [0.1, 0.15) is 5.75 Å². The van der Waals surface area contributed by atoms with Crippen molar-refractivity contribution in [1.82, 2.24) is 4.57 Å². The average molecular weight is 226 g/mol. The highest BCUT2D eigenvalue weighted by Crippen LogP contribution is 2.25. The van der Waals surface area contributed by atoms with Crippen LogP contribution in [0.2, 0.25) is 0 Å². The van der Waals surface area contributed by atoms with Gasteiger partial charge in [-0.25, -0.2) is 0 Å². The SMILES string of the molecule is Cn1c(Br)cc2ccc(O)cc21. The van der Waals surface area contributed by atoms with Crippen molar-refractivity contribution in [3.63, 3.8) is 0 Å². The van der Waals surface area contributed by atoms with Crippen LogP contribution in [0, 0.1) is 0 Å². The van der Waals surface area contributed by atoms with Gasteiger partial charge in [0, 0.05) is 18.5 Å². The van der Waals surface area contributed by atoms with Gasteiger partial charge in [-0.3, -0.25) is 0 Å². The number of benzene rings is 1. The number of aryl methyl sites for hydroxylation is 1. The van der Waals surface area contributed by atoms with Gasteiger partial charge in [0.2, 0.25) is 0 Å². The van der Waals surface area contributed by atoms with E-state index in [1.165, 1.54) is 0 Å². The number of aromatic hydroxyl groups is 1. The highest BCUT2D eigenvalue weighted by molar-refractivity contribution is 9.10. The molecule has 2 nitrogen and oxygen atoms in total. The van der Waals surface area contributed by atoms with Gasteiger partial charge >= 0.3 is 0 Å². The first-order valence-corrected chi connectivity index (χ1v) is 4.42. The maximum Gasteiger partial charge on any atom is 0.117 e. The zero-order valence-corrected chi connectivity index (χ0v) is 8.17. The van der Waals surface area contributed by atoms with E-state index in [0.717, 1.165) is 15.5 Å². The highest BCUT2D eigenvalue weighted by atomic mass is 79.9. The third kappa shape index (κ3) is 1.01.